The zero-order chi connectivity index (χ0) is 16.7. The standard InChI is InChI=1S/C8H8Br2N2O.C8H10O/c1-11-12-8(13)6-3-2-5(9)4-7(6)10;1-6-3-4-8(9)7(2)5-6/h2-4,11H,1H3,(H,12,13);3-5,9H,1-2H3. The molecule has 0 fully saturated rings. The van der Waals surface area contributed by atoms with E-state index in [1.165, 1.54) is 5.56 Å². The monoisotopic (exact) mass is 428 g/mol. The van der Waals surface area contributed by atoms with Crippen LogP contribution in [0.2, 0.25) is 0 Å². The number of rotatable bonds is 2. The predicted molar refractivity (Wildman–Crippen MR) is 95.9 cm³/mol. The van der Waals surface area contributed by atoms with Gasteiger partial charge in [-0.05, 0) is 59.6 Å². The maximum atomic E-state index is 11.4. The first-order valence-electron chi connectivity index (χ1n) is 6.53. The summed E-state index contributed by atoms with van der Waals surface area (Å²) < 4.78 is 1.69. The number of hydrogen-bond acceptors (Lipinski definition) is 3. The SMILES string of the molecule is CNNC(=O)c1ccc(Br)cc1Br.Cc1ccc(O)c(C)c1. The Kier molecular flexibility index (Phi) is 7.58. The third-order valence-electron chi connectivity index (χ3n) is 2.77. The number of carbonyl (C=O) groups is 1. The summed E-state index contributed by atoms with van der Waals surface area (Å²) in [4.78, 5) is 11.4. The van der Waals surface area contributed by atoms with Gasteiger partial charge in [0.15, 0.2) is 0 Å². The Hall–Kier alpha value is -1.37. The molecule has 2 aromatic carbocycles. The number of hydrogen-bond donors (Lipinski definition) is 3. The van der Waals surface area contributed by atoms with Crippen LogP contribution in [0.25, 0.3) is 0 Å². The summed E-state index contributed by atoms with van der Waals surface area (Å²) in [5.41, 5.74) is 7.78. The van der Waals surface area contributed by atoms with E-state index in [1.54, 1.807) is 19.2 Å². The van der Waals surface area contributed by atoms with E-state index in [1.807, 2.05) is 38.1 Å². The number of amides is 1. The van der Waals surface area contributed by atoms with Crippen LogP contribution < -0.4 is 10.9 Å². The molecule has 0 radical (unpaired) electrons. The largest absolute Gasteiger partial charge is 0.508 e. The normalized spacial score (nSPS) is 9.68. The molecule has 0 saturated heterocycles. The van der Waals surface area contributed by atoms with Crippen molar-refractivity contribution in [2.45, 2.75) is 13.8 Å². The van der Waals surface area contributed by atoms with Gasteiger partial charge < -0.3 is 5.11 Å². The molecule has 6 heteroatoms. The Bertz CT molecular complexity index is 661. The highest BCUT2D eigenvalue weighted by molar-refractivity contribution is 9.11. The second-order valence-electron chi connectivity index (χ2n) is 4.62. The minimum Gasteiger partial charge on any atom is -0.508 e. The average molecular weight is 430 g/mol. The van der Waals surface area contributed by atoms with Gasteiger partial charge in [0.25, 0.3) is 5.91 Å². The molecule has 22 heavy (non-hydrogen) atoms. The number of nitrogens with one attached hydrogen (secondary N) is 2. The quantitative estimate of drug-likeness (QED) is 0.630. The minimum atomic E-state index is -0.165. The lowest BCUT2D eigenvalue weighted by molar-refractivity contribution is 0.0937. The van der Waals surface area contributed by atoms with Gasteiger partial charge in [-0.25, -0.2) is 5.43 Å². The van der Waals surface area contributed by atoms with Gasteiger partial charge in [-0.15, -0.1) is 0 Å². The fourth-order valence-electron chi connectivity index (χ4n) is 1.66. The fourth-order valence-corrected chi connectivity index (χ4v) is 2.89. The summed E-state index contributed by atoms with van der Waals surface area (Å²) in [6, 6.07) is 10.9. The molecule has 0 heterocycles. The Morgan fingerprint density at radius 2 is 1.77 bits per heavy atom. The van der Waals surface area contributed by atoms with Crippen molar-refractivity contribution in [2.75, 3.05) is 7.05 Å². The average Bonchev–Trinajstić information content (AvgIpc) is 2.44. The van der Waals surface area contributed by atoms with Crippen molar-refractivity contribution in [1.82, 2.24) is 10.9 Å². The van der Waals surface area contributed by atoms with Crippen LogP contribution in [0.5, 0.6) is 5.75 Å². The van der Waals surface area contributed by atoms with Crippen LogP contribution in [0, 0.1) is 13.8 Å². The number of halogens is 2. The molecule has 2 rings (SSSR count). The number of phenols is 1. The van der Waals surface area contributed by atoms with Gasteiger partial charge >= 0.3 is 0 Å². The Labute approximate surface area is 147 Å². The molecule has 0 atom stereocenters. The van der Waals surface area contributed by atoms with Crippen LogP contribution in [-0.2, 0) is 0 Å². The number of hydrazine groups is 1. The molecule has 118 valence electrons. The van der Waals surface area contributed by atoms with E-state index in [9.17, 15) is 4.79 Å². The van der Waals surface area contributed by atoms with Crippen LogP contribution in [0.4, 0.5) is 0 Å². The molecule has 4 nitrogen and oxygen atoms in total. The van der Waals surface area contributed by atoms with Crippen LogP contribution in [0.15, 0.2) is 45.3 Å². The molecule has 3 N–H and O–H groups in total. The third kappa shape index (κ3) is 5.79. The highest BCUT2D eigenvalue weighted by Gasteiger charge is 2.08. The van der Waals surface area contributed by atoms with Gasteiger partial charge in [0.05, 0.1) is 5.56 Å². The molecule has 0 aliphatic carbocycles. The summed E-state index contributed by atoms with van der Waals surface area (Å²) in [6.45, 7) is 3.90. The molecule has 1 amide bonds. The molecule has 0 saturated carbocycles. The van der Waals surface area contributed by atoms with Gasteiger partial charge in [0.1, 0.15) is 5.75 Å². The molecule has 0 spiro atoms. The minimum absolute atomic E-state index is 0.165. The number of benzene rings is 2. The summed E-state index contributed by atoms with van der Waals surface area (Å²) in [6.07, 6.45) is 0. The van der Waals surface area contributed by atoms with E-state index in [4.69, 9.17) is 5.11 Å². The second-order valence-corrected chi connectivity index (χ2v) is 6.39. The number of carbonyl (C=O) groups excluding carboxylic acids is 1. The molecule has 2 aromatic rings. The molecule has 0 aliphatic heterocycles. The van der Waals surface area contributed by atoms with Crippen molar-refractivity contribution in [3.05, 3.63) is 62.0 Å². The number of aromatic hydroxyl groups is 1. The highest BCUT2D eigenvalue weighted by atomic mass is 79.9. The lowest BCUT2D eigenvalue weighted by Crippen LogP contribution is -2.34. The van der Waals surface area contributed by atoms with E-state index in [0.29, 0.717) is 11.3 Å². The Balaban J connectivity index is 0.000000235. The van der Waals surface area contributed by atoms with Crippen LogP contribution >= 0.6 is 31.9 Å². The third-order valence-corrected chi connectivity index (χ3v) is 3.92. The lowest BCUT2D eigenvalue weighted by Gasteiger charge is -2.04. The zero-order valence-corrected chi connectivity index (χ0v) is 15.7. The number of aryl methyl sites for hydroxylation is 2. The molecule has 0 aliphatic rings. The van der Waals surface area contributed by atoms with Crippen molar-refractivity contribution in [2.24, 2.45) is 0 Å². The van der Waals surface area contributed by atoms with Crippen LogP contribution in [0.1, 0.15) is 21.5 Å². The van der Waals surface area contributed by atoms with Crippen molar-refractivity contribution in [1.29, 1.82) is 0 Å². The summed E-state index contributed by atoms with van der Waals surface area (Å²) in [5, 5.41) is 9.04. The van der Waals surface area contributed by atoms with Crippen LogP contribution in [-0.4, -0.2) is 18.1 Å². The van der Waals surface area contributed by atoms with Crippen LogP contribution in [0.3, 0.4) is 0 Å². The maximum absolute atomic E-state index is 11.4. The highest BCUT2D eigenvalue weighted by Crippen LogP contribution is 2.21. The topological polar surface area (TPSA) is 61.4 Å². The van der Waals surface area contributed by atoms with Gasteiger partial charge in [-0.1, -0.05) is 33.6 Å². The molecule has 0 bridgehead atoms. The fraction of sp³-hybridized carbons (Fsp3) is 0.188. The van der Waals surface area contributed by atoms with Crippen molar-refractivity contribution >= 4 is 37.8 Å². The van der Waals surface area contributed by atoms with E-state index in [2.05, 4.69) is 42.7 Å². The molecule has 0 unspecified atom stereocenters. The zero-order valence-electron chi connectivity index (χ0n) is 12.6. The summed E-state index contributed by atoms with van der Waals surface area (Å²) >= 11 is 6.61. The summed E-state index contributed by atoms with van der Waals surface area (Å²) in [5.74, 6) is 0.211. The first-order chi connectivity index (χ1) is 10.3. The van der Waals surface area contributed by atoms with E-state index >= 15 is 0 Å². The van der Waals surface area contributed by atoms with E-state index in [-0.39, 0.29) is 5.91 Å². The van der Waals surface area contributed by atoms with E-state index < -0.39 is 0 Å². The van der Waals surface area contributed by atoms with Gasteiger partial charge in [-0.2, -0.15) is 0 Å². The predicted octanol–water partition coefficient (Wildman–Crippen LogP) is 4.08. The summed E-state index contributed by atoms with van der Waals surface area (Å²) in [7, 11) is 1.64. The van der Waals surface area contributed by atoms with Crippen molar-refractivity contribution in [3.8, 4) is 5.75 Å². The molecular formula is C16H18Br2N2O2. The molecular weight excluding hydrogens is 412 g/mol. The van der Waals surface area contributed by atoms with Gasteiger partial charge in [0, 0.05) is 16.0 Å². The lowest BCUT2D eigenvalue weighted by atomic mass is 10.1. The van der Waals surface area contributed by atoms with Gasteiger partial charge in [-0.3, -0.25) is 10.2 Å². The van der Waals surface area contributed by atoms with Crippen molar-refractivity contribution in [3.63, 3.8) is 0 Å². The Morgan fingerprint density at radius 3 is 2.27 bits per heavy atom. The smallest absolute Gasteiger partial charge is 0.266 e. The van der Waals surface area contributed by atoms with Crippen molar-refractivity contribution < 1.29 is 9.90 Å². The maximum Gasteiger partial charge on any atom is 0.266 e. The number of phenolic OH excluding ortho intramolecular Hbond substituents is 1. The first kappa shape index (κ1) is 18.7. The van der Waals surface area contributed by atoms with Gasteiger partial charge in [0.2, 0.25) is 0 Å². The second kappa shape index (κ2) is 8.92. The van der Waals surface area contributed by atoms with E-state index in [0.717, 1.165) is 14.5 Å². The Morgan fingerprint density at radius 1 is 1.09 bits per heavy atom. The first-order valence-corrected chi connectivity index (χ1v) is 8.12. The molecule has 0 aromatic heterocycles.